The van der Waals surface area contributed by atoms with Crippen molar-refractivity contribution in [2.75, 3.05) is 25.5 Å². The van der Waals surface area contributed by atoms with Gasteiger partial charge in [0.1, 0.15) is 0 Å². The van der Waals surface area contributed by atoms with E-state index in [9.17, 15) is 4.79 Å². The molecule has 0 aliphatic rings. The summed E-state index contributed by atoms with van der Waals surface area (Å²) in [5, 5.41) is 13.8. The second-order valence-electron chi connectivity index (χ2n) is 4.63. The second-order valence-corrected chi connectivity index (χ2v) is 4.63. The predicted octanol–water partition coefficient (Wildman–Crippen LogP) is 2.28. The number of anilines is 1. The molecule has 0 saturated carbocycles. The molecule has 4 heteroatoms. The van der Waals surface area contributed by atoms with Crippen molar-refractivity contribution in [2.45, 2.75) is 6.42 Å². The van der Waals surface area contributed by atoms with Gasteiger partial charge in [-0.15, -0.1) is 0 Å². The Bertz CT molecular complexity index is 673. The molecule has 0 spiro atoms. The molecule has 1 N–H and O–H groups in total. The average Bonchev–Trinajstić information content (AvgIpc) is 2.51. The number of amides is 1. The molecule has 1 amide bonds. The number of hydrogen-bond donors (Lipinski definition) is 1. The van der Waals surface area contributed by atoms with Crippen molar-refractivity contribution in [1.82, 2.24) is 5.32 Å². The molecule has 0 heterocycles. The van der Waals surface area contributed by atoms with Crippen molar-refractivity contribution in [3.05, 3.63) is 42.0 Å². The summed E-state index contributed by atoms with van der Waals surface area (Å²) < 4.78 is 0. The number of benzene rings is 2. The van der Waals surface area contributed by atoms with E-state index in [0.717, 1.165) is 16.5 Å². The summed E-state index contributed by atoms with van der Waals surface area (Å²) in [5.41, 5.74) is 1.70. The monoisotopic (exact) mass is 267 g/mol. The molecule has 102 valence electrons. The highest BCUT2D eigenvalue weighted by atomic mass is 16.1. The van der Waals surface area contributed by atoms with E-state index in [4.69, 9.17) is 5.26 Å². The summed E-state index contributed by atoms with van der Waals surface area (Å²) in [5.74, 6) is 0.0230. The fourth-order valence-corrected chi connectivity index (χ4v) is 2.23. The molecule has 0 radical (unpaired) electrons. The van der Waals surface area contributed by atoms with Crippen molar-refractivity contribution in [2.24, 2.45) is 0 Å². The van der Waals surface area contributed by atoms with Crippen LogP contribution in [-0.2, 0) is 4.79 Å². The minimum atomic E-state index is 0.0230. The van der Waals surface area contributed by atoms with Crippen molar-refractivity contribution in [1.29, 1.82) is 5.26 Å². The molecule has 2 rings (SSSR count). The largest absolute Gasteiger partial charge is 0.374 e. The van der Waals surface area contributed by atoms with E-state index >= 15 is 0 Å². The summed E-state index contributed by atoms with van der Waals surface area (Å²) in [6.07, 6.45) is 0.446. The average molecular weight is 267 g/mol. The lowest BCUT2D eigenvalue weighted by atomic mass is 10.0. The van der Waals surface area contributed by atoms with Crippen LogP contribution in [0.2, 0.25) is 0 Å². The lowest BCUT2D eigenvalue weighted by Crippen LogP contribution is -2.26. The van der Waals surface area contributed by atoms with Gasteiger partial charge in [-0.3, -0.25) is 4.79 Å². The van der Waals surface area contributed by atoms with Gasteiger partial charge >= 0.3 is 0 Å². The highest BCUT2D eigenvalue weighted by Gasteiger charge is 2.10. The Morgan fingerprint density at radius 3 is 2.60 bits per heavy atom. The first-order valence-electron chi connectivity index (χ1n) is 6.51. The number of carbonyl (C=O) groups excluding carboxylic acids is 1. The molecule has 2 aromatic rings. The smallest absolute Gasteiger partial charge is 0.221 e. The van der Waals surface area contributed by atoms with E-state index in [0.29, 0.717) is 18.5 Å². The number of hydrogen-bond acceptors (Lipinski definition) is 3. The van der Waals surface area contributed by atoms with Gasteiger partial charge in [0.05, 0.1) is 11.6 Å². The van der Waals surface area contributed by atoms with Crippen LogP contribution in [0.1, 0.15) is 12.0 Å². The van der Waals surface area contributed by atoms with E-state index in [1.807, 2.05) is 48.3 Å². The highest BCUT2D eigenvalue weighted by molar-refractivity contribution is 5.97. The van der Waals surface area contributed by atoms with Crippen LogP contribution < -0.4 is 10.2 Å². The topological polar surface area (TPSA) is 56.1 Å². The van der Waals surface area contributed by atoms with Crippen LogP contribution in [0, 0.1) is 11.3 Å². The molecule has 0 aliphatic heterocycles. The quantitative estimate of drug-likeness (QED) is 0.924. The minimum Gasteiger partial charge on any atom is -0.374 e. The van der Waals surface area contributed by atoms with Gasteiger partial charge < -0.3 is 10.2 Å². The van der Waals surface area contributed by atoms with Gasteiger partial charge in [0.15, 0.2) is 0 Å². The maximum absolute atomic E-state index is 11.3. The fraction of sp³-hybridized carbons (Fsp3) is 0.250. The molecular weight excluding hydrogens is 250 g/mol. The van der Waals surface area contributed by atoms with E-state index in [1.54, 1.807) is 7.05 Å². The molecule has 0 fully saturated rings. The van der Waals surface area contributed by atoms with Crippen LogP contribution in [-0.4, -0.2) is 26.5 Å². The molecule has 0 unspecified atom stereocenters. The number of nitrogens with zero attached hydrogens (tertiary/aromatic N) is 2. The minimum absolute atomic E-state index is 0.0230. The van der Waals surface area contributed by atoms with Gasteiger partial charge in [-0.1, -0.05) is 24.3 Å². The van der Waals surface area contributed by atoms with Crippen LogP contribution >= 0.6 is 0 Å². The van der Waals surface area contributed by atoms with Crippen molar-refractivity contribution in [3.63, 3.8) is 0 Å². The molecule has 2 aromatic carbocycles. The normalized spacial score (nSPS) is 10.1. The third kappa shape index (κ3) is 2.72. The maximum Gasteiger partial charge on any atom is 0.221 e. The van der Waals surface area contributed by atoms with Crippen LogP contribution in [0.3, 0.4) is 0 Å². The van der Waals surface area contributed by atoms with Gasteiger partial charge in [-0.05, 0) is 12.1 Å². The molecular formula is C16H17N3O. The SMILES string of the molecule is CNC(=O)CCN(C)c1ccc(C#N)c2ccccc12. The first-order valence-corrected chi connectivity index (χ1v) is 6.51. The standard InChI is InChI=1S/C16H17N3O/c1-18-16(20)9-10-19(2)15-8-7-12(11-17)13-5-3-4-6-14(13)15/h3-8H,9-10H2,1-2H3,(H,18,20). The zero-order chi connectivity index (χ0) is 14.5. The number of rotatable bonds is 4. The number of nitriles is 1. The molecule has 0 saturated heterocycles. The predicted molar refractivity (Wildman–Crippen MR) is 80.6 cm³/mol. The second kappa shape index (κ2) is 6.07. The summed E-state index contributed by atoms with van der Waals surface area (Å²) in [4.78, 5) is 13.4. The summed E-state index contributed by atoms with van der Waals surface area (Å²) in [6.45, 7) is 0.634. The summed E-state index contributed by atoms with van der Waals surface area (Å²) in [6, 6.07) is 13.8. The van der Waals surface area contributed by atoms with E-state index in [1.165, 1.54) is 0 Å². The first-order chi connectivity index (χ1) is 9.67. The number of nitrogens with one attached hydrogen (secondary N) is 1. The van der Waals surface area contributed by atoms with Gasteiger partial charge in [0.25, 0.3) is 0 Å². The third-order valence-electron chi connectivity index (χ3n) is 3.39. The summed E-state index contributed by atoms with van der Waals surface area (Å²) >= 11 is 0. The van der Waals surface area contributed by atoms with E-state index in [2.05, 4.69) is 11.4 Å². The van der Waals surface area contributed by atoms with E-state index in [-0.39, 0.29) is 5.91 Å². The highest BCUT2D eigenvalue weighted by Crippen LogP contribution is 2.28. The van der Waals surface area contributed by atoms with Crippen molar-refractivity contribution < 1.29 is 4.79 Å². The Morgan fingerprint density at radius 2 is 1.95 bits per heavy atom. The van der Waals surface area contributed by atoms with Crippen molar-refractivity contribution >= 4 is 22.4 Å². The molecule has 0 aromatic heterocycles. The molecule has 20 heavy (non-hydrogen) atoms. The molecule has 0 aliphatic carbocycles. The fourth-order valence-electron chi connectivity index (χ4n) is 2.23. The zero-order valence-electron chi connectivity index (χ0n) is 11.7. The van der Waals surface area contributed by atoms with Crippen LogP contribution in [0.25, 0.3) is 10.8 Å². The number of fused-ring (bicyclic) bond motifs is 1. The van der Waals surface area contributed by atoms with Crippen LogP contribution in [0.4, 0.5) is 5.69 Å². The van der Waals surface area contributed by atoms with E-state index < -0.39 is 0 Å². The maximum atomic E-state index is 11.3. The summed E-state index contributed by atoms with van der Waals surface area (Å²) in [7, 11) is 3.59. The molecule has 4 nitrogen and oxygen atoms in total. The van der Waals surface area contributed by atoms with Gasteiger partial charge in [0, 0.05) is 43.5 Å². The Hall–Kier alpha value is -2.54. The van der Waals surface area contributed by atoms with Gasteiger partial charge in [0.2, 0.25) is 5.91 Å². The first kappa shape index (κ1) is 13.9. The Labute approximate surface area is 118 Å². The Kier molecular flexibility index (Phi) is 4.21. The lowest BCUT2D eigenvalue weighted by Gasteiger charge is -2.21. The van der Waals surface area contributed by atoms with Crippen LogP contribution in [0.5, 0.6) is 0 Å². The number of carbonyl (C=O) groups is 1. The Morgan fingerprint density at radius 1 is 1.25 bits per heavy atom. The Balaban J connectivity index is 2.35. The van der Waals surface area contributed by atoms with Gasteiger partial charge in [-0.25, -0.2) is 0 Å². The zero-order valence-corrected chi connectivity index (χ0v) is 11.7. The van der Waals surface area contributed by atoms with Gasteiger partial charge in [-0.2, -0.15) is 5.26 Å². The van der Waals surface area contributed by atoms with Crippen molar-refractivity contribution in [3.8, 4) is 6.07 Å². The third-order valence-corrected chi connectivity index (χ3v) is 3.39. The van der Waals surface area contributed by atoms with Crippen LogP contribution in [0.15, 0.2) is 36.4 Å². The lowest BCUT2D eigenvalue weighted by molar-refractivity contribution is -0.120. The molecule has 0 atom stereocenters. The molecule has 0 bridgehead atoms.